The number of carbonyl (C=O) groups excluding carboxylic acids is 1. The van der Waals surface area contributed by atoms with Gasteiger partial charge in [-0.2, -0.15) is 0 Å². The highest BCUT2D eigenvalue weighted by Gasteiger charge is 2.22. The van der Waals surface area contributed by atoms with Gasteiger partial charge in [-0.05, 0) is 24.1 Å². The first-order chi connectivity index (χ1) is 13.7. The lowest BCUT2D eigenvalue weighted by molar-refractivity contribution is 0.129. The number of fused-ring (bicyclic) bond motifs is 1. The van der Waals surface area contributed by atoms with Crippen LogP contribution in [0.2, 0.25) is 5.02 Å². The van der Waals surface area contributed by atoms with E-state index in [0.29, 0.717) is 42.7 Å². The molecule has 2 aromatic carbocycles. The van der Waals surface area contributed by atoms with Crippen LogP contribution in [0.5, 0.6) is 0 Å². The summed E-state index contributed by atoms with van der Waals surface area (Å²) >= 11 is 5.99. The Morgan fingerprint density at radius 2 is 1.89 bits per heavy atom. The number of hydrogen-bond donors (Lipinski definition) is 1. The summed E-state index contributed by atoms with van der Waals surface area (Å²) in [5.74, 6) is 0.679. The zero-order valence-corrected chi connectivity index (χ0v) is 16.4. The van der Waals surface area contributed by atoms with Crippen LogP contribution >= 0.6 is 11.6 Å². The molecule has 0 bridgehead atoms. The summed E-state index contributed by atoms with van der Waals surface area (Å²) in [5.41, 5.74) is 2.75. The first kappa shape index (κ1) is 18.8. The summed E-state index contributed by atoms with van der Waals surface area (Å²) in [4.78, 5) is 21.0. The minimum atomic E-state index is 0.00656. The zero-order valence-electron chi connectivity index (χ0n) is 15.6. The maximum atomic E-state index is 12.4. The molecule has 0 saturated carbocycles. The summed E-state index contributed by atoms with van der Waals surface area (Å²) in [6, 6.07) is 15.6. The van der Waals surface area contributed by atoms with Gasteiger partial charge in [0.1, 0.15) is 5.52 Å². The standard InChI is InChI=1S/C21H23ClN4O2/c22-17-6-7-18-19(14-17)28-20(24-18)15-25-10-12-26(13-11-25)21(27)23-9-8-16-4-2-1-3-5-16/h1-7,14H,8-13,15H2,(H,23,27). The maximum Gasteiger partial charge on any atom is 0.317 e. The lowest BCUT2D eigenvalue weighted by Crippen LogP contribution is -2.51. The van der Waals surface area contributed by atoms with Gasteiger partial charge in [-0.15, -0.1) is 0 Å². The van der Waals surface area contributed by atoms with Gasteiger partial charge in [-0.25, -0.2) is 9.78 Å². The van der Waals surface area contributed by atoms with E-state index in [-0.39, 0.29) is 6.03 Å². The van der Waals surface area contributed by atoms with Crippen LogP contribution in [0.3, 0.4) is 0 Å². The molecule has 0 atom stereocenters. The summed E-state index contributed by atoms with van der Waals surface area (Å²) < 4.78 is 5.79. The minimum absolute atomic E-state index is 0.00656. The molecule has 6 nitrogen and oxygen atoms in total. The second-order valence-electron chi connectivity index (χ2n) is 6.95. The fourth-order valence-corrected chi connectivity index (χ4v) is 3.55. The Hall–Kier alpha value is -2.57. The summed E-state index contributed by atoms with van der Waals surface area (Å²) in [6.07, 6.45) is 0.842. The fourth-order valence-electron chi connectivity index (χ4n) is 3.38. The van der Waals surface area contributed by atoms with Gasteiger partial charge in [0.15, 0.2) is 5.58 Å². The van der Waals surface area contributed by atoms with Crippen molar-refractivity contribution in [1.82, 2.24) is 20.1 Å². The first-order valence-corrected chi connectivity index (χ1v) is 9.89. The lowest BCUT2D eigenvalue weighted by Gasteiger charge is -2.34. The molecule has 28 heavy (non-hydrogen) atoms. The van der Waals surface area contributed by atoms with Crippen LogP contribution in [0.25, 0.3) is 11.1 Å². The van der Waals surface area contributed by atoms with E-state index in [2.05, 4.69) is 27.3 Å². The Labute approximate surface area is 169 Å². The van der Waals surface area contributed by atoms with Crippen LogP contribution in [-0.4, -0.2) is 53.5 Å². The monoisotopic (exact) mass is 398 g/mol. The molecule has 0 radical (unpaired) electrons. The quantitative estimate of drug-likeness (QED) is 0.714. The molecule has 1 aliphatic rings. The molecule has 1 aromatic heterocycles. The van der Waals surface area contributed by atoms with Crippen molar-refractivity contribution in [3.05, 3.63) is 65.0 Å². The third-order valence-electron chi connectivity index (χ3n) is 4.95. The molecule has 7 heteroatoms. The number of urea groups is 1. The van der Waals surface area contributed by atoms with Gasteiger partial charge in [0.2, 0.25) is 5.89 Å². The SMILES string of the molecule is O=C(NCCc1ccccc1)N1CCN(Cc2nc3ccc(Cl)cc3o2)CC1. The van der Waals surface area contributed by atoms with Crippen molar-refractivity contribution >= 4 is 28.7 Å². The Kier molecular flexibility index (Phi) is 5.78. The van der Waals surface area contributed by atoms with E-state index in [9.17, 15) is 4.79 Å². The van der Waals surface area contributed by atoms with Crippen molar-refractivity contribution in [3.8, 4) is 0 Å². The molecular weight excluding hydrogens is 376 g/mol. The number of hydrogen-bond acceptors (Lipinski definition) is 4. The Bertz CT molecular complexity index is 936. The second-order valence-corrected chi connectivity index (χ2v) is 7.39. The number of piperazine rings is 1. The molecule has 2 heterocycles. The van der Waals surface area contributed by atoms with Gasteiger partial charge >= 0.3 is 6.03 Å². The maximum absolute atomic E-state index is 12.4. The van der Waals surface area contributed by atoms with Gasteiger partial charge in [0, 0.05) is 43.8 Å². The number of rotatable bonds is 5. The molecule has 0 aliphatic carbocycles. The van der Waals surface area contributed by atoms with Crippen LogP contribution in [0.15, 0.2) is 52.9 Å². The van der Waals surface area contributed by atoms with Crippen LogP contribution in [0.1, 0.15) is 11.5 Å². The van der Waals surface area contributed by atoms with Gasteiger partial charge in [0.05, 0.1) is 6.54 Å². The number of benzene rings is 2. The number of carbonyl (C=O) groups is 1. The van der Waals surface area contributed by atoms with E-state index < -0.39 is 0 Å². The average Bonchev–Trinajstić information content (AvgIpc) is 3.10. The molecule has 3 aromatic rings. The van der Waals surface area contributed by atoms with Crippen LogP contribution < -0.4 is 5.32 Å². The highest BCUT2D eigenvalue weighted by atomic mass is 35.5. The molecule has 1 saturated heterocycles. The average molecular weight is 399 g/mol. The van der Waals surface area contributed by atoms with Crippen molar-refractivity contribution in [2.24, 2.45) is 0 Å². The molecular formula is C21H23ClN4O2. The van der Waals surface area contributed by atoms with E-state index in [1.54, 1.807) is 6.07 Å². The van der Waals surface area contributed by atoms with E-state index >= 15 is 0 Å². The minimum Gasteiger partial charge on any atom is -0.439 e. The highest BCUT2D eigenvalue weighted by molar-refractivity contribution is 6.31. The van der Waals surface area contributed by atoms with Crippen molar-refractivity contribution in [2.75, 3.05) is 32.7 Å². The third kappa shape index (κ3) is 4.64. The largest absolute Gasteiger partial charge is 0.439 e. The molecule has 1 N–H and O–H groups in total. The Balaban J connectivity index is 1.23. The number of oxazole rings is 1. The molecule has 2 amide bonds. The van der Waals surface area contributed by atoms with Crippen LogP contribution in [0.4, 0.5) is 4.79 Å². The van der Waals surface area contributed by atoms with E-state index in [1.807, 2.05) is 35.2 Å². The molecule has 4 rings (SSSR count). The highest BCUT2D eigenvalue weighted by Crippen LogP contribution is 2.21. The summed E-state index contributed by atoms with van der Waals surface area (Å²) in [5, 5.41) is 3.65. The number of nitrogens with zero attached hydrogens (tertiary/aromatic N) is 3. The predicted molar refractivity (Wildman–Crippen MR) is 109 cm³/mol. The van der Waals surface area contributed by atoms with Gasteiger partial charge < -0.3 is 14.6 Å². The fraction of sp³-hybridized carbons (Fsp3) is 0.333. The lowest BCUT2D eigenvalue weighted by atomic mass is 10.1. The number of halogens is 1. The van der Waals surface area contributed by atoms with Gasteiger partial charge in [-0.3, -0.25) is 4.90 Å². The zero-order chi connectivity index (χ0) is 19.3. The van der Waals surface area contributed by atoms with Crippen LogP contribution in [-0.2, 0) is 13.0 Å². The Morgan fingerprint density at radius 3 is 2.68 bits per heavy atom. The third-order valence-corrected chi connectivity index (χ3v) is 5.18. The number of nitrogens with one attached hydrogen (secondary N) is 1. The molecule has 1 fully saturated rings. The first-order valence-electron chi connectivity index (χ1n) is 9.51. The van der Waals surface area contributed by atoms with Crippen LogP contribution in [0, 0.1) is 0 Å². The molecule has 1 aliphatic heterocycles. The molecule has 146 valence electrons. The smallest absolute Gasteiger partial charge is 0.317 e. The summed E-state index contributed by atoms with van der Waals surface area (Å²) in [7, 11) is 0. The number of aromatic nitrogens is 1. The molecule has 0 unspecified atom stereocenters. The van der Waals surface area contributed by atoms with Gasteiger partial charge in [-0.1, -0.05) is 41.9 Å². The second kappa shape index (κ2) is 8.63. The van der Waals surface area contributed by atoms with Crippen molar-refractivity contribution in [1.29, 1.82) is 0 Å². The predicted octanol–water partition coefficient (Wildman–Crippen LogP) is 3.55. The van der Waals surface area contributed by atoms with E-state index in [0.717, 1.165) is 25.0 Å². The van der Waals surface area contributed by atoms with E-state index in [1.165, 1.54) is 5.56 Å². The number of amides is 2. The van der Waals surface area contributed by atoms with Gasteiger partial charge in [0.25, 0.3) is 0 Å². The van der Waals surface area contributed by atoms with Crippen molar-refractivity contribution in [2.45, 2.75) is 13.0 Å². The molecule has 0 spiro atoms. The van der Waals surface area contributed by atoms with Crippen molar-refractivity contribution < 1.29 is 9.21 Å². The van der Waals surface area contributed by atoms with E-state index in [4.69, 9.17) is 16.0 Å². The topological polar surface area (TPSA) is 61.6 Å². The normalized spacial score (nSPS) is 15.1. The Morgan fingerprint density at radius 1 is 1.11 bits per heavy atom. The van der Waals surface area contributed by atoms with Crippen molar-refractivity contribution in [3.63, 3.8) is 0 Å². The summed E-state index contributed by atoms with van der Waals surface area (Å²) in [6.45, 7) is 4.27.